The molecule has 0 saturated carbocycles. The van der Waals surface area contributed by atoms with E-state index in [4.69, 9.17) is 10.5 Å². The van der Waals surface area contributed by atoms with E-state index in [1.165, 1.54) is 10.5 Å². The van der Waals surface area contributed by atoms with Gasteiger partial charge in [-0.15, -0.1) is 0 Å². The smallest absolute Gasteiger partial charge is 0.410 e. The molecular weight excluding hydrogens is 266 g/mol. The molecule has 1 aromatic carbocycles. The Morgan fingerprint density at radius 1 is 1.33 bits per heavy atom. The van der Waals surface area contributed by atoms with Crippen LogP contribution >= 0.6 is 0 Å². The number of carbonyl (C=O) groups excluding carboxylic acids is 1. The van der Waals surface area contributed by atoms with Crippen LogP contribution in [-0.4, -0.2) is 42.8 Å². The van der Waals surface area contributed by atoms with E-state index in [0.717, 1.165) is 38.4 Å². The van der Waals surface area contributed by atoms with Gasteiger partial charge in [0.15, 0.2) is 0 Å². The average molecular weight is 292 g/mol. The topological polar surface area (TPSA) is 60.0 Å². The number of ether oxygens (including phenoxy) is 1. The number of nitrogens with one attached hydrogen (secondary N) is 1. The molecule has 1 aromatic rings. The second-order valence-corrected chi connectivity index (χ2v) is 6.64. The molecule has 116 valence electrons. The number of nitrogens with zero attached hydrogens (tertiary/aromatic N) is 1. The second-order valence-electron chi connectivity index (χ2n) is 6.64. The molecular formula is C16H26N3O2+. The number of amides is 1. The summed E-state index contributed by atoms with van der Waals surface area (Å²) in [7, 11) is 0. The second kappa shape index (κ2) is 6.35. The number of hydrogen-bond donors (Lipinski definition) is 2. The number of benzene rings is 1. The summed E-state index contributed by atoms with van der Waals surface area (Å²) < 4.78 is 5.41. The van der Waals surface area contributed by atoms with Crippen LogP contribution in [0.25, 0.3) is 0 Å². The molecule has 0 unspecified atom stereocenters. The lowest BCUT2D eigenvalue weighted by Gasteiger charge is -2.33. The van der Waals surface area contributed by atoms with E-state index in [1.807, 2.05) is 39.0 Å². The van der Waals surface area contributed by atoms with Gasteiger partial charge >= 0.3 is 6.09 Å². The molecule has 1 aliphatic rings. The van der Waals surface area contributed by atoms with Crippen molar-refractivity contribution in [1.82, 2.24) is 4.90 Å². The Bertz CT molecular complexity index is 489. The average Bonchev–Trinajstić information content (AvgIpc) is 2.37. The standard InChI is InChI=1S/C16H25N3O2/c1-16(2,3)21-15(20)19-9-7-18(8-10-19)12-13-5-4-6-14(17)11-13/h4-6,11H,7-10,12,17H2,1-3H3/p+1. The zero-order valence-corrected chi connectivity index (χ0v) is 13.2. The predicted molar refractivity (Wildman–Crippen MR) is 83.1 cm³/mol. The van der Waals surface area contributed by atoms with Gasteiger partial charge in [-0.2, -0.15) is 0 Å². The van der Waals surface area contributed by atoms with Gasteiger partial charge in [-0.05, 0) is 32.9 Å². The van der Waals surface area contributed by atoms with Crippen molar-refractivity contribution in [3.8, 4) is 0 Å². The Kier molecular flexibility index (Phi) is 4.73. The Morgan fingerprint density at radius 2 is 2.00 bits per heavy atom. The molecule has 0 aromatic heterocycles. The van der Waals surface area contributed by atoms with Crippen LogP contribution in [0.15, 0.2) is 24.3 Å². The summed E-state index contributed by atoms with van der Waals surface area (Å²) in [5.41, 5.74) is 7.43. The van der Waals surface area contributed by atoms with Gasteiger partial charge in [-0.3, -0.25) is 4.90 Å². The van der Waals surface area contributed by atoms with Crippen LogP contribution in [0.3, 0.4) is 0 Å². The Hall–Kier alpha value is -1.75. The van der Waals surface area contributed by atoms with Crippen molar-refractivity contribution in [2.45, 2.75) is 32.9 Å². The summed E-state index contributed by atoms with van der Waals surface area (Å²) in [6.07, 6.45) is -0.203. The predicted octanol–water partition coefficient (Wildman–Crippen LogP) is 0.904. The minimum atomic E-state index is -0.428. The van der Waals surface area contributed by atoms with E-state index >= 15 is 0 Å². The van der Waals surface area contributed by atoms with Crippen molar-refractivity contribution in [3.63, 3.8) is 0 Å². The van der Waals surface area contributed by atoms with Crippen LogP contribution in [0, 0.1) is 0 Å². The van der Waals surface area contributed by atoms with Crippen molar-refractivity contribution >= 4 is 11.8 Å². The summed E-state index contributed by atoms with van der Waals surface area (Å²) in [5.74, 6) is 0. The minimum absolute atomic E-state index is 0.203. The third kappa shape index (κ3) is 4.93. The van der Waals surface area contributed by atoms with E-state index in [1.54, 1.807) is 4.90 Å². The van der Waals surface area contributed by atoms with Crippen molar-refractivity contribution in [2.75, 3.05) is 31.9 Å². The molecule has 0 radical (unpaired) electrons. The highest BCUT2D eigenvalue weighted by molar-refractivity contribution is 5.68. The Balaban J connectivity index is 1.82. The van der Waals surface area contributed by atoms with Gasteiger partial charge in [0, 0.05) is 11.3 Å². The zero-order valence-electron chi connectivity index (χ0n) is 13.2. The van der Waals surface area contributed by atoms with Crippen molar-refractivity contribution in [1.29, 1.82) is 0 Å². The molecule has 1 saturated heterocycles. The van der Waals surface area contributed by atoms with Crippen LogP contribution in [0.5, 0.6) is 0 Å². The molecule has 1 heterocycles. The first-order valence-corrected chi connectivity index (χ1v) is 7.49. The fourth-order valence-corrected chi connectivity index (χ4v) is 2.50. The minimum Gasteiger partial charge on any atom is -0.444 e. The molecule has 5 heteroatoms. The van der Waals surface area contributed by atoms with Crippen LogP contribution < -0.4 is 10.6 Å². The number of anilines is 1. The third-order valence-electron chi connectivity index (χ3n) is 3.53. The lowest BCUT2D eigenvalue weighted by atomic mass is 10.2. The SMILES string of the molecule is CC(C)(C)OC(=O)N1CC[NH+](Cc2cccc(N)c2)CC1. The third-order valence-corrected chi connectivity index (χ3v) is 3.53. The normalized spacial score (nSPS) is 16.8. The maximum absolute atomic E-state index is 12.0. The maximum Gasteiger partial charge on any atom is 0.410 e. The molecule has 1 aliphatic heterocycles. The molecule has 5 nitrogen and oxygen atoms in total. The highest BCUT2D eigenvalue weighted by atomic mass is 16.6. The number of carbonyl (C=O) groups is 1. The van der Waals surface area contributed by atoms with Crippen LogP contribution in [0.4, 0.5) is 10.5 Å². The monoisotopic (exact) mass is 292 g/mol. The van der Waals surface area contributed by atoms with Gasteiger partial charge in [0.25, 0.3) is 0 Å². The maximum atomic E-state index is 12.0. The largest absolute Gasteiger partial charge is 0.444 e. The highest BCUT2D eigenvalue weighted by Gasteiger charge is 2.27. The molecule has 1 amide bonds. The Morgan fingerprint density at radius 3 is 2.57 bits per heavy atom. The van der Waals surface area contributed by atoms with Gasteiger partial charge < -0.3 is 15.4 Å². The van der Waals surface area contributed by atoms with Gasteiger partial charge in [-0.25, -0.2) is 4.79 Å². The lowest BCUT2D eigenvalue weighted by Crippen LogP contribution is -3.13. The highest BCUT2D eigenvalue weighted by Crippen LogP contribution is 2.10. The molecule has 3 N–H and O–H groups in total. The van der Waals surface area contributed by atoms with Gasteiger partial charge in [0.1, 0.15) is 12.1 Å². The molecule has 0 spiro atoms. The number of rotatable bonds is 2. The number of nitrogen functional groups attached to an aromatic ring is 1. The van der Waals surface area contributed by atoms with Gasteiger partial charge in [0.05, 0.1) is 26.2 Å². The van der Waals surface area contributed by atoms with Crippen molar-refractivity contribution in [3.05, 3.63) is 29.8 Å². The summed E-state index contributed by atoms with van der Waals surface area (Å²) in [6.45, 7) is 10.00. The number of piperazine rings is 1. The summed E-state index contributed by atoms with van der Waals surface area (Å²) in [6, 6.07) is 8.01. The van der Waals surface area contributed by atoms with Crippen molar-refractivity contribution in [2.24, 2.45) is 0 Å². The van der Waals surface area contributed by atoms with E-state index in [0.29, 0.717) is 0 Å². The van der Waals surface area contributed by atoms with Crippen LogP contribution in [0.2, 0.25) is 0 Å². The fraction of sp³-hybridized carbons (Fsp3) is 0.562. The molecule has 2 rings (SSSR count). The van der Waals surface area contributed by atoms with Gasteiger partial charge in [-0.1, -0.05) is 12.1 Å². The summed E-state index contributed by atoms with van der Waals surface area (Å²) in [4.78, 5) is 15.3. The molecule has 0 atom stereocenters. The fourth-order valence-electron chi connectivity index (χ4n) is 2.50. The molecule has 0 bridgehead atoms. The number of nitrogens with two attached hydrogens (primary N) is 1. The Labute approximate surface area is 126 Å². The molecule has 21 heavy (non-hydrogen) atoms. The van der Waals surface area contributed by atoms with Crippen LogP contribution in [0.1, 0.15) is 26.3 Å². The van der Waals surface area contributed by atoms with Gasteiger partial charge in [0.2, 0.25) is 0 Å². The van der Waals surface area contributed by atoms with E-state index < -0.39 is 5.60 Å². The first-order valence-electron chi connectivity index (χ1n) is 7.49. The molecule has 1 fully saturated rings. The van der Waals surface area contributed by atoms with E-state index in [9.17, 15) is 4.79 Å². The first kappa shape index (κ1) is 15.6. The first-order chi connectivity index (χ1) is 9.83. The van der Waals surface area contributed by atoms with Crippen molar-refractivity contribution < 1.29 is 14.4 Å². The van der Waals surface area contributed by atoms with E-state index in [-0.39, 0.29) is 6.09 Å². The number of hydrogen-bond acceptors (Lipinski definition) is 3. The molecule has 0 aliphatic carbocycles. The summed E-state index contributed by atoms with van der Waals surface area (Å²) >= 11 is 0. The van der Waals surface area contributed by atoms with Crippen LogP contribution in [-0.2, 0) is 11.3 Å². The lowest BCUT2D eigenvalue weighted by molar-refractivity contribution is -0.917. The summed E-state index contributed by atoms with van der Waals surface area (Å²) in [5, 5.41) is 0. The number of quaternary nitrogens is 1. The quantitative estimate of drug-likeness (QED) is 0.796. The zero-order chi connectivity index (χ0) is 15.5. The van der Waals surface area contributed by atoms with E-state index in [2.05, 4.69) is 6.07 Å².